The number of carbonyl (C=O) groups excluding carboxylic acids is 1. The average molecular weight is 516 g/mol. The van der Waals surface area contributed by atoms with Crippen LogP contribution in [-0.2, 0) is 10.0 Å². The number of amides is 1. The highest BCUT2D eigenvalue weighted by molar-refractivity contribution is 7.90. The highest BCUT2D eigenvalue weighted by Crippen LogP contribution is 2.30. The number of sulfonamides is 1. The van der Waals surface area contributed by atoms with Gasteiger partial charge in [0.25, 0.3) is 15.9 Å². The minimum atomic E-state index is -4.14. The number of aromatic amines is 1. The van der Waals surface area contributed by atoms with E-state index in [-0.39, 0.29) is 16.5 Å². The Labute approximate surface area is 210 Å². The van der Waals surface area contributed by atoms with Crippen molar-refractivity contribution in [1.82, 2.24) is 19.9 Å². The molecule has 1 aliphatic heterocycles. The van der Waals surface area contributed by atoms with Gasteiger partial charge in [-0.3, -0.25) is 9.89 Å². The number of piperidine rings is 1. The first-order valence-electron chi connectivity index (χ1n) is 11.9. The second-order valence-electron chi connectivity index (χ2n) is 9.47. The summed E-state index contributed by atoms with van der Waals surface area (Å²) in [4.78, 5) is 19.8. The molecule has 0 saturated carbocycles. The zero-order valence-electron chi connectivity index (χ0n) is 20.5. The van der Waals surface area contributed by atoms with Crippen molar-refractivity contribution in [2.45, 2.75) is 38.6 Å². The summed E-state index contributed by atoms with van der Waals surface area (Å²) in [6.45, 7) is 7.94. The first-order chi connectivity index (χ1) is 17.1. The van der Waals surface area contributed by atoms with Crippen molar-refractivity contribution in [2.75, 3.05) is 24.6 Å². The fourth-order valence-electron chi connectivity index (χ4n) is 3.93. The lowest BCUT2D eigenvalue weighted by Crippen LogP contribution is -2.37. The van der Waals surface area contributed by atoms with E-state index in [1.165, 1.54) is 30.5 Å². The third kappa shape index (κ3) is 6.01. The molecule has 2 N–H and O–H groups in total. The number of hydrogen-bond acceptors (Lipinski definition) is 7. The Morgan fingerprint density at radius 2 is 1.97 bits per heavy atom. The molecular formula is C25H30FN5O4S. The van der Waals surface area contributed by atoms with Crippen molar-refractivity contribution in [2.24, 2.45) is 11.8 Å². The summed E-state index contributed by atoms with van der Waals surface area (Å²) >= 11 is 0. The van der Waals surface area contributed by atoms with E-state index in [4.69, 9.17) is 9.72 Å². The molecule has 3 aromatic rings. The molecular weight excluding hydrogens is 485 g/mol. The molecule has 1 saturated heterocycles. The molecule has 1 aromatic carbocycles. The molecule has 1 amide bonds. The maximum Gasteiger partial charge on any atom is 0.281 e. The van der Waals surface area contributed by atoms with Crippen molar-refractivity contribution >= 4 is 21.7 Å². The van der Waals surface area contributed by atoms with E-state index in [9.17, 15) is 17.6 Å². The number of benzene rings is 1. The number of nitrogens with zero attached hydrogens (tertiary/aromatic N) is 3. The molecule has 0 aliphatic carbocycles. The molecule has 0 radical (unpaired) electrons. The van der Waals surface area contributed by atoms with Crippen LogP contribution in [0.3, 0.4) is 0 Å². The Balaban J connectivity index is 1.70. The number of hydrogen-bond donors (Lipinski definition) is 2. The van der Waals surface area contributed by atoms with Gasteiger partial charge in [0.05, 0.1) is 24.1 Å². The minimum Gasteiger partial charge on any atom is -0.493 e. The van der Waals surface area contributed by atoms with Crippen LogP contribution in [-0.4, -0.2) is 49.2 Å². The van der Waals surface area contributed by atoms with E-state index in [0.717, 1.165) is 12.8 Å². The number of anilines is 1. The molecule has 3 heterocycles. The number of rotatable bonds is 8. The third-order valence-corrected chi connectivity index (χ3v) is 7.21. The first-order valence-corrected chi connectivity index (χ1v) is 13.4. The fourth-order valence-corrected chi connectivity index (χ4v) is 4.81. The highest BCUT2D eigenvalue weighted by atomic mass is 32.2. The summed E-state index contributed by atoms with van der Waals surface area (Å²) in [5.41, 5.74) is 1.06. The van der Waals surface area contributed by atoms with Crippen LogP contribution in [0.4, 0.5) is 10.2 Å². The molecule has 2 aromatic heterocycles. The Morgan fingerprint density at radius 3 is 2.64 bits per heavy atom. The SMILES string of the molecule is CC(C)COc1cc(F)cc(-c2ccc(C(=O)NS(=O)(=O)c3ccn[nH]3)c(N3CCC(C)CC3)n2)c1. The molecule has 0 unspecified atom stereocenters. The van der Waals surface area contributed by atoms with Crippen LogP contribution in [0.25, 0.3) is 11.3 Å². The number of pyridine rings is 1. The second-order valence-corrected chi connectivity index (χ2v) is 11.1. The van der Waals surface area contributed by atoms with Crippen LogP contribution in [0, 0.1) is 17.7 Å². The van der Waals surface area contributed by atoms with Gasteiger partial charge in [0.2, 0.25) is 0 Å². The standard InChI is InChI=1S/C25H30FN5O4S/c1-16(2)15-35-20-13-18(12-19(26)14-20)22-5-4-21(24(28-22)31-10-7-17(3)8-11-31)25(32)30-36(33,34)23-6-9-27-29-23/h4-6,9,12-14,16-17H,7-8,10-11,15H2,1-3H3,(H,27,29)(H,30,32). The Hall–Kier alpha value is -3.47. The zero-order valence-corrected chi connectivity index (χ0v) is 21.3. The van der Waals surface area contributed by atoms with Crippen molar-refractivity contribution in [1.29, 1.82) is 0 Å². The van der Waals surface area contributed by atoms with E-state index < -0.39 is 21.7 Å². The summed E-state index contributed by atoms with van der Waals surface area (Å²) in [5, 5.41) is 5.76. The second kappa shape index (κ2) is 10.7. The number of H-pyrrole nitrogens is 1. The molecule has 36 heavy (non-hydrogen) atoms. The van der Waals surface area contributed by atoms with E-state index in [0.29, 0.717) is 48.4 Å². The summed E-state index contributed by atoms with van der Waals surface area (Å²) < 4.78 is 47.4. The van der Waals surface area contributed by atoms with Gasteiger partial charge in [0, 0.05) is 24.7 Å². The van der Waals surface area contributed by atoms with Crippen LogP contribution in [0.5, 0.6) is 5.75 Å². The average Bonchev–Trinajstić information content (AvgIpc) is 3.39. The Morgan fingerprint density at radius 1 is 1.22 bits per heavy atom. The summed E-state index contributed by atoms with van der Waals surface area (Å²) in [5.74, 6) is 0.281. The van der Waals surface area contributed by atoms with Gasteiger partial charge in [0.1, 0.15) is 17.4 Å². The Kier molecular flexibility index (Phi) is 7.58. The third-order valence-electron chi connectivity index (χ3n) is 5.95. The number of halogens is 1. The number of nitrogens with one attached hydrogen (secondary N) is 2. The lowest BCUT2D eigenvalue weighted by Gasteiger charge is -2.32. The van der Waals surface area contributed by atoms with Crippen LogP contribution in [0.15, 0.2) is 47.6 Å². The fraction of sp³-hybridized carbons (Fsp3) is 0.400. The van der Waals surface area contributed by atoms with Crippen LogP contribution in [0.2, 0.25) is 0 Å². The number of aromatic nitrogens is 3. The van der Waals surface area contributed by atoms with Crippen molar-refractivity contribution < 1.29 is 22.3 Å². The Bertz CT molecular complexity index is 1320. The van der Waals surface area contributed by atoms with E-state index in [1.807, 2.05) is 18.7 Å². The molecule has 0 atom stereocenters. The lowest BCUT2D eigenvalue weighted by molar-refractivity contribution is 0.0981. The van der Waals surface area contributed by atoms with E-state index >= 15 is 0 Å². The molecule has 0 spiro atoms. The monoisotopic (exact) mass is 515 g/mol. The molecule has 1 aliphatic rings. The van der Waals surface area contributed by atoms with Gasteiger partial charge in [-0.05, 0) is 55.0 Å². The van der Waals surface area contributed by atoms with Crippen molar-refractivity contribution in [3.05, 3.63) is 54.0 Å². The van der Waals surface area contributed by atoms with Crippen molar-refractivity contribution in [3.63, 3.8) is 0 Å². The summed E-state index contributed by atoms with van der Waals surface area (Å²) in [6, 6.07) is 8.74. The molecule has 1 fully saturated rings. The van der Waals surface area contributed by atoms with Gasteiger partial charge >= 0.3 is 0 Å². The predicted octanol–water partition coefficient (Wildman–Crippen LogP) is 4.00. The van der Waals surface area contributed by atoms with Gasteiger partial charge in [-0.2, -0.15) is 13.5 Å². The molecule has 192 valence electrons. The maximum atomic E-state index is 14.4. The quantitative estimate of drug-likeness (QED) is 0.466. The van der Waals surface area contributed by atoms with E-state index in [1.54, 1.807) is 12.1 Å². The maximum absolute atomic E-state index is 14.4. The van der Waals surface area contributed by atoms with Gasteiger partial charge in [0.15, 0.2) is 5.03 Å². The van der Waals surface area contributed by atoms with Crippen molar-refractivity contribution in [3.8, 4) is 17.0 Å². The number of ether oxygens (including phenoxy) is 1. The van der Waals surface area contributed by atoms with Gasteiger partial charge in [-0.15, -0.1) is 0 Å². The first kappa shape index (κ1) is 25.6. The molecule has 9 nitrogen and oxygen atoms in total. The van der Waals surface area contributed by atoms with Gasteiger partial charge in [-0.25, -0.2) is 14.1 Å². The van der Waals surface area contributed by atoms with Gasteiger partial charge < -0.3 is 9.64 Å². The van der Waals surface area contributed by atoms with Gasteiger partial charge in [-0.1, -0.05) is 20.8 Å². The predicted molar refractivity (Wildman–Crippen MR) is 134 cm³/mol. The largest absolute Gasteiger partial charge is 0.493 e. The molecule has 4 rings (SSSR count). The normalized spacial score (nSPS) is 14.8. The topological polar surface area (TPSA) is 117 Å². The highest BCUT2D eigenvalue weighted by Gasteiger charge is 2.27. The van der Waals surface area contributed by atoms with Crippen LogP contribution < -0.4 is 14.4 Å². The summed E-state index contributed by atoms with van der Waals surface area (Å²) in [6.07, 6.45) is 3.10. The van der Waals surface area contributed by atoms with Crippen LogP contribution >= 0.6 is 0 Å². The van der Waals surface area contributed by atoms with E-state index in [2.05, 4.69) is 21.8 Å². The number of carbonyl (C=O) groups is 1. The molecule has 11 heteroatoms. The summed E-state index contributed by atoms with van der Waals surface area (Å²) in [7, 11) is -4.14. The zero-order chi connectivity index (χ0) is 25.9. The lowest BCUT2D eigenvalue weighted by atomic mass is 9.98. The molecule has 0 bridgehead atoms. The smallest absolute Gasteiger partial charge is 0.281 e. The van der Waals surface area contributed by atoms with Crippen LogP contribution in [0.1, 0.15) is 44.0 Å². The minimum absolute atomic E-state index is 0.115.